The van der Waals surface area contributed by atoms with Crippen molar-refractivity contribution in [1.29, 1.82) is 0 Å². The number of carbonyl (C=O) groups is 2. The molecule has 0 N–H and O–H groups in total. The monoisotopic (exact) mass is 563 g/mol. The highest BCUT2D eigenvalue weighted by atomic mass is 32.2. The molecule has 1 amide bonds. The molecule has 1 atom stereocenters. The van der Waals surface area contributed by atoms with E-state index >= 15 is 4.39 Å². The second kappa shape index (κ2) is 9.29. The third-order valence-electron chi connectivity index (χ3n) is 8.50. The number of methoxy groups -OCH3 is 1. The van der Waals surface area contributed by atoms with E-state index in [-0.39, 0.29) is 35.4 Å². The molecule has 8 rings (SSSR count). The van der Waals surface area contributed by atoms with Crippen LogP contribution < -0.4 is 15.2 Å². The van der Waals surface area contributed by atoms with Crippen molar-refractivity contribution in [2.24, 2.45) is 5.92 Å². The van der Waals surface area contributed by atoms with Crippen LogP contribution in [0, 0.1) is 11.7 Å². The topological polar surface area (TPSA) is 90.3 Å². The van der Waals surface area contributed by atoms with Crippen LogP contribution in [0.4, 0.5) is 9.18 Å². The first-order chi connectivity index (χ1) is 19.4. The summed E-state index contributed by atoms with van der Waals surface area (Å²) in [5.41, 5.74) is 1.63. The van der Waals surface area contributed by atoms with Crippen molar-refractivity contribution in [3.05, 3.63) is 93.2 Å². The highest BCUT2D eigenvalue weighted by Gasteiger charge is 2.63. The van der Waals surface area contributed by atoms with E-state index in [1.54, 1.807) is 28.7 Å². The van der Waals surface area contributed by atoms with Gasteiger partial charge < -0.3 is 19.1 Å². The van der Waals surface area contributed by atoms with Gasteiger partial charge in [0.2, 0.25) is 18.0 Å². The maximum atomic E-state index is 15.2. The molecule has 1 aromatic heterocycles. The number of benzene rings is 2. The molecule has 0 radical (unpaired) electrons. The van der Waals surface area contributed by atoms with Crippen molar-refractivity contribution in [3.63, 3.8) is 0 Å². The molecule has 2 bridgehead atoms. The number of ether oxygens (including phenoxy) is 3. The lowest BCUT2D eigenvalue weighted by atomic mass is 9.49. The van der Waals surface area contributed by atoms with Crippen LogP contribution in [0.3, 0.4) is 0 Å². The molecule has 2 aromatic carbocycles. The maximum Gasteiger partial charge on any atom is 0.510 e. The molecule has 3 aliphatic carbocycles. The number of fused-ring (bicyclic) bond motifs is 3. The molecule has 0 saturated heterocycles. The van der Waals surface area contributed by atoms with Crippen LogP contribution in [-0.2, 0) is 15.2 Å². The molecule has 2 aliphatic heterocycles. The van der Waals surface area contributed by atoms with Gasteiger partial charge in [-0.2, -0.15) is 0 Å². The Labute approximate surface area is 233 Å². The summed E-state index contributed by atoms with van der Waals surface area (Å²) in [5, 5.41) is 2.01. The predicted molar refractivity (Wildman–Crippen MR) is 143 cm³/mol. The Bertz CT molecular complexity index is 1590. The number of halogens is 1. The number of pyridine rings is 1. The van der Waals surface area contributed by atoms with Crippen LogP contribution >= 0.6 is 11.8 Å². The largest absolute Gasteiger partial charge is 0.510 e. The molecule has 0 spiro atoms. The van der Waals surface area contributed by atoms with Crippen molar-refractivity contribution in [3.8, 4) is 5.75 Å². The Balaban J connectivity index is 1.41. The minimum absolute atomic E-state index is 0.0456. The number of amides is 1. The fourth-order valence-electron chi connectivity index (χ4n) is 6.45. The van der Waals surface area contributed by atoms with Gasteiger partial charge in [0.15, 0.2) is 5.69 Å². The van der Waals surface area contributed by atoms with E-state index < -0.39 is 24.4 Å². The number of rotatable bonds is 5. The molecule has 40 heavy (non-hydrogen) atoms. The third-order valence-corrected chi connectivity index (χ3v) is 9.62. The molecule has 3 aromatic rings. The van der Waals surface area contributed by atoms with Gasteiger partial charge in [-0.25, -0.2) is 9.18 Å². The smallest absolute Gasteiger partial charge is 0.451 e. The Hall–Kier alpha value is -3.99. The Kier molecular flexibility index (Phi) is 5.81. The molecule has 3 heterocycles. The average Bonchev–Trinajstić information content (AvgIpc) is 3.07. The summed E-state index contributed by atoms with van der Waals surface area (Å²) < 4.78 is 31.9. The van der Waals surface area contributed by atoms with Crippen LogP contribution in [0.1, 0.15) is 52.5 Å². The van der Waals surface area contributed by atoms with Crippen molar-refractivity contribution in [1.82, 2.24) is 9.58 Å². The van der Waals surface area contributed by atoms with Gasteiger partial charge in [-0.05, 0) is 48.4 Å². The summed E-state index contributed by atoms with van der Waals surface area (Å²) in [5.74, 6) is 0.254. The van der Waals surface area contributed by atoms with Crippen molar-refractivity contribution in [2.75, 3.05) is 25.6 Å². The minimum atomic E-state index is -0.973. The quantitative estimate of drug-likeness (QED) is 0.333. The van der Waals surface area contributed by atoms with E-state index in [9.17, 15) is 14.4 Å². The van der Waals surface area contributed by atoms with Crippen molar-refractivity contribution < 1.29 is 28.2 Å². The number of hydrogen-bond donors (Lipinski definition) is 0. The van der Waals surface area contributed by atoms with E-state index in [1.807, 2.05) is 40.2 Å². The molecule has 5 aliphatic rings. The molecule has 11 heteroatoms. The van der Waals surface area contributed by atoms with E-state index in [4.69, 9.17) is 9.47 Å². The average molecular weight is 564 g/mol. The van der Waals surface area contributed by atoms with Gasteiger partial charge in [0, 0.05) is 34.0 Å². The van der Waals surface area contributed by atoms with Gasteiger partial charge >= 0.3 is 6.16 Å². The SMILES string of the molecule is COC(=O)OCOc1c2n(ccc1=O)N([C@@H]1c3ccccc3SCc3c(F)cccc31)CN(C13CC(C1)C3)C2=O. The molecule has 0 unspecified atom stereocenters. The van der Waals surface area contributed by atoms with Gasteiger partial charge in [-0.15, -0.1) is 11.8 Å². The normalized spacial score (nSPS) is 24.0. The first-order valence-electron chi connectivity index (χ1n) is 13.1. The van der Waals surface area contributed by atoms with Crippen molar-refractivity contribution in [2.45, 2.75) is 41.5 Å². The zero-order chi connectivity index (χ0) is 27.6. The number of carbonyl (C=O) groups excluding carboxylic acids is 2. The summed E-state index contributed by atoms with van der Waals surface area (Å²) in [6.07, 6.45) is 3.32. The van der Waals surface area contributed by atoms with Gasteiger partial charge in [-0.1, -0.05) is 30.3 Å². The molecular weight excluding hydrogens is 537 g/mol. The zero-order valence-electron chi connectivity index (χ0n) is 21.7. The minimum Gasteiger partial charge on any atom is -0.451 e. The highest BCUT2D eigenvalue weighted by Crippen LogP contribution is 2.61. The maximum absolute atomic E-state index is 15.2. The van der Waals surface area contributed by atoms with Crippen LogP contribution in [0.2, 0.25) is 0 Å². The zero-order valence-corrected chi connectivity index (χ0v) is 22.5. The van der Waals surface area contributed by atoms with Gasteiger partial charge in [0.05, 0.1) is 13.2 Å². The summed E-state index contributed by atoms with van der Waals surface area (Å²) in [6, 6.07) is 13.9. The summed E-state index contributed by atoms with van der Waals surface area (Å²) in [7, 11) is 1.16. The predicted octanol–water partition coefficient (Wildman–Crippen LogP) is 4.41. The van der Waals surface area contributed by atoms with Gasteiger partial charge in [0.25, 0.3) is 5.91 Å². The lowest BCUT2D eigenvalue weighted by Crippen LogP contribution is -2.73. The first-order valence-corrected chi connectivity index (χ1v) is 14.1. The van der Waals surface area contributed by atoms with Crippen molar-refractivity contribution >= 4 is 23.8 Å². The van der Waals surface area contributed by atoms with Gasteiger partial charge in [-0.3, -0.25) is 19.3 Å². The lowest BCUT2D eigenvalue weighted by molar-refractivity contribution is -0.128. The Morgan fingerprint density at radius 3 is 2.60 bits per heavy atom. The van der Waals surface area contributed by atoms with Crippen LogP contribution in [0.15, 0.2) is 64.4 Å². The fourth-order valence-corrected chi connectivity index (χ4v) is 7.58. The Morgan fingerprint density at radius 1 is 1.07 bits per heavy atom. The molecule has 3 saturated carbocycles. The Morgan fingerprint density at radius 2 is 1.85 bits per heavy atom. The molecule has 206 valence electrons. The van der Waals surface area contributed by atoms with Crippen LogP contribution in [0.5, 0.6) is 5.75 Å². The fraction of sp³-hybridized carbons (Fsp3) is 0.345. The number of thioether (sulfide) groups is 1. The third kappa shape index (κ3) is 3.71. The first kappa shape index (κ1) is 25.0. The number of nitrogens with zero attached hydrogens (tertiary/aromatic N) is 3. The molecule has 9 nitrogen and oxygen atoms in total. The second-order valence-electron chi connectivity index (χ2n) is 10.6. The number of aromatic nitrogens is 1. The summed E-state index contributed by atoms with van der Waals surface area (Å²) in [6.45, 7) is -0.352. The van der Waals surface area contributed by atoms with E-state index in [0.29, 0.717) is 17.2 Å². The van der Waals surface area contributed by atoms with E-state index in [2.05, 4.69) is 4.74 Å². The summed E-state index contributed by atoms with van der Waals surface area (Å²) in [4.78, 5) is 41.5. The lowest BCUT2D eigenvalue weighted by Gasteiger charge is -2.67. The number of hydrogen-bond acceptors (Lipinski definition) is 8. The van der Waals surface area contributed by atoms with Crippen LogP contribution in [-0.4, -0.2) is 47.7 Å². The highest BCUT2D eigenvalue weighted by molar-refractivity contribution is 7.98. The van der Waals surface area contributed by atoms with E-state index in [1.165, 1.54) is 12.1 Å². The standard InChI is InChI=1S/C29H26FN3O6S/c1-37-28(36)39-16-38-26-22(34)9-10-32-25(26)27(35)31(29-11-17(12-29)13-29)15-33(32)24-18-6-4-7-21(30)20(18)14-40-23-8-3-2-5-19(23)24/h2-10,17,24H,11-16H2,1H3/t17?,24-,29?/m0/s1. The summed E-state index contributed by atoms with van der Waals surface area (Å²) >= 11 is 1.58. The van der Waals surface area contributed by atoms with Gasteiger partial charge in [0.1, 0.15) is 12.5 Å². The van der Waals surface area contributed by atoms with E-state index in [0.717, 1.165) is 42.4 Å². The van der Waals surface area contributed by atoms with Crippen LogP contribution in [0.25, 0.3) is 0 Å². The second-order valence-corrected chi connectivity index (χ2v) is 11.6. The molecule has 3 fully saturated rings. The molecular formula is C29H26FN3O6S.